The van der Waals surface area contributed by atoms with Gasteiger partial charge in [-0.2, -0.15) is 9.97 Å². The van der Waals surface area contributed by atoms with E-state index < -0.39 is 0 Å². The van der Waals surface area contributed by atoms with E-state index in [9.17, 15) is 0 Å². The number of hydrogen-bond acceptors (Lipinski definition) is 5. The average Bonchev–Trinajstić information content (AvgIpc) is 2.45. The fourth-order valence-electron chi connectivity index (χ4n) is 2.80. The summed E-state index contributed by atoms with van der Waals surface area (Å²) < 4.78 is 0. The topological polar surface area (TPSA) is 90.7 Å². The van der Waals surface area contributed by atoms with Gasteiger partial charge in [-0.1, -0.05) is 24.3 Å². The fraction of sp³-hybridized carbons (Fsp3) is 0.133. The number of benzene rings is 1. The number of anilines is 2. The summed E-state index contributed by atoms with van der Waals surface area (Å²) in [6.07, 6.45) is 1.98. The van der Waals surface area contributed by atoms with Crippen LogP contribution < -0.4 is 11.5 Å². The molecule has 1 aromatic carbocycles. The molecule has 1 aliphatic carbocycles. The van der Waals surface area contributed by atoms with Gasteiger partial charge in [0.25, 0.3) is 0 Å². The highest BCUT2D eigenvalue weighted by molar-refractivity contribution is 5.89. The van der Waals surface area contributed by atoms with Gasteiger partial charge < -0.3 is 11.5 Å². The van der Waals surface area contributed by atoms with Crippen molar-refractivity contribution in [1.82, 2.24) is 15.0 Å². The van der Waals surface area contributed by atoms with E-state index in [0.29, 0.717) is 11.5 Å². The lowest BCUT2D eigenvalue weighted by atomic mass is 9.89. The summed E-state index contributed by atoms with van der Waals surface area (Å²) in [5, 5.41) is 0.775. The predicted octanol–water partition coefficient (Wildman–Crippen LogP) is 1.95. The van der Waals surface area contributed by atoms with E-state index in [2.05, 4.69) is 33.2 Å². The molecule has 0 amide bonds. The van der Waals surface area contributed by atoms with E-state index in [1.807, 2.05) is 12.1 Å². The quantitative estimate of drug-likeness (QED) is 0.647. The van der Waals surface area contributed by atoms with E-state index >= 15 is 0 Å². The molecule has 0 aliphatic heterocycles. The number of nitrogens with zero attached hydrogens (tertiary/aromatic N) is 3. The Bertz CT molecular complexity index is 841. The highest BCUT2D eigenvalue weighted by Gasteiger charge is 2.19. The summed E-state index contributed by atoms with van der Waals surface area (Å²) in [4.78, 5) is 12.9. The van der Waals surface area contributed by atoms with Crippen LogP contribution in [0.5, 0.6) is 0 Å². The van der Waals surface area contributed by atoms with Crippen LogP contribution in [0.15, 0.2) is 30.3 Å². The van der Waals surface area contributed by atoms with Crippen LogP contribution in [0.4, 0.5) is 11.8 Å². The first-order chi connectivity index (χ1) is 9.72. The van der Waals surface area contributed by atoms with Gasteiger partial charge >= 0.3 is 0 Å². The molecule has 4 rings (SSSR count). The number of hydrogen-bond donors (Lipinski definition) is 2. The zero-order valence-electron chi connectivity index (χ0n) is 10.8. The van der Waals surface area contributed by atoms with Gasteiger partial charge in [0.15, 0.2) is 5.65 Å². The minimum atomic E-state index is 0.159. The number of nitrogen functional groups attached to an aromatic ring is 2. The SMILES string of the molecule is Nc1nc(N)c2cc3c(nc2n1)-c1ccccc1CC3. The smallest absolute Gasteiger partial charge is 0.224 e. The number of fused-ring (bicyclic) bond motifs is 4. The molecule has 0 radical (unpaired) electrons. The molecule has 0 saturated heterocycles. The van der Waals surface area contributed by atoms with Crippen LogP contribution in [-0.4, -0.2) is 15.0 Å². The summed E-state index contributed by atoms with van der Waals surface area (Å²) in [5.74, 6) is 0.549. The lowest BCUT2D eigenvalue weighted by Crippen LogP contribution is -2.08. The largest absolute Gasteiger partial charge is 0.383 e. The van der Waals surface area contributed by atoms with Gasteiger partial charge in [0.05, 0.1) is 11.1 Å². The molecule has 5 heteroatoms. The van der Waals surface area contributed by atoms with Gasteiger partial charge in [0, 0.05) is 5.56 Å². The Morgan fingerprint density at radius 2 is 1.70 bits per heavy atom. The van der Waals surface area contributed by atoms with Crippen LogP contribution >= 0.6 is 0 Å². The average molecular weight is 263 g/mol. The Labute approximate surface area is 115 Å². The summed E-state index contributed by atoms with van der Waals surface area (Å²) in [6, 6.07) is 10.4. The van der Waals surface area contributed by atoms with E-state index in [0.717, 1.165) is 23.9 Å². The molecular weight excluding hydrogens is 250 g/mol. The maximum atomic E-state index is 5.91. The predicted molar refractivity (Wildman–Crippen MR) is 79.0 cm³/mol. The highest BCUT2D eigenvalue weighted by Crippen LogP contribution is 2.34. The third-order valence-corrected chi connectivity index (χ3v) is 3.75. The van der Waals surface area contributed by atoms with Crippen molar-refractivity contribution in [3.05, 3.63) is 41.5 Å². The number of pyridine rings is 1. The maximum absolute atomic E-state index is 5.91. The number of aromatic nitrogens is 3. The van der Waals surface area contributed by atoms with Gasteiger partial charge in [0.1, 0.15) is 5.82 Å². The molecule has 2 aromatic heterocycles. The standard InChI is InChI=1S/C15H13N5/c16-13-11-7-9-6-5-8-3-1-2-4-10(8)12(9)18-14(11)20-15(17)19-13/h1-4,7H,5-6H2,(H4,16,17,18,19,20). The van der Waals surface area contributed by atoms with E-state index in [1.54, 1.807) is 0 Å². The highest BCUT2D eigenvalue weighted by atomic mass is 15.1. The molecule has 3 aromatic rings. The minimum Gasteiger partial charge on any atom is -0.383 e. The zero-order chi connectivity index (χ0) is 13.7. The second-order valence-corrected chi connectivity index (χ2v) is 4.99. The van der Waals surface area contributed by atoms with Crippen molar-refractivity contribution < 1.29 is 0 Å². The molecule has 0 bridgehead atoms. The Balaban J connectivity index is 2.06. The molecule has 2 heterocycles. The maximum Gasteiger partial charge on any atom is 0.224 e. The van der Waals surface area contributed by atoms with Crippen LogP contribution in [0.2, 0.25) is 0 Å². The number of aryl methyl sites for hydroxylation is 2. The van der Waals surface area contributed by atoms with Crippen molar-refractivity contribution in [2.75, 3.05) is 11.5 Å². The van der Waals surface area contributed by atoms with Gasteiger partial charge in [-0.25, -0.2) is 4.98 Å². The van der Waals surface area contributed by atoms with Crippen LogP contribution in [0.1, 0.15) is 11.1 Å². The monoisotopic (exact) mass is 263 g/mol. The van der Waals surface area contributed by atoms with Gasteiger partial charge in [-0.15, -0.1) is 0 Å². The summed E-state index contributed by atoms with van der Waals surface area (Å²) in [6.45, 7) is 0. The summed E-state index contributed by atoms with van der Waals surface area (Å²) in [7, 11) is 0. The molecule has 4 N–H and O–H groups in total. The van der Waals surface area contributed by atoms with Crippen LogP contribution in [0.25, 0.3) is 22.3 Å². The van der Waals surface area contributed by atoms with Crippen molar-refractivity contribution in [2.45, 2.75) is 12.8 Å². The van der Waals surface area contributed by atoms with Gasteiger partial charge in [-0.3, -0.25) is 0 Å². The summed E-state index contributed by atoms with van der Waals surface area (Å²) in [5.41, 5.74) is 16.8. The molecule has 0 spiro atoms. The second-order valence-electron chi connectivity index (χ2n) is 4.99. The molecule has 0 fully saturated rings. The second kappa shape index (κ2) is 3.90. The Morgan fingerprint density at radius 3 is 2.60 bits per heavy atom. The molecule has 0 atom stereocenters. The van der Waals surface area contributed by atoms with E-state index in [4.69, 9.17) is 11.5 Å². The van der Waals surface area contributed by atoms with Gasteiger partial charge in [-0.05, 0) is 30.0 Å². The van der Waals surface area contributed by atoms with Crippen LogP contribution in [0.3, 0.4) is 0 Å². The van der Waals surface area contributed by atoms with E-state index in [1.165, 1.54) is 16.7 Å². The third kappa shape index (κ3) is 1.53. The van der Waals surface area contributed by atoms with Crippen molar-refractivity contribution in [3.8, 4) is 11.3 Å². The normalized spacial score (nSPS) is 13.0. The number of rotatable bonds is 0. The molecule has 0 unspecified atom stereocenters. The van der Waals surface area contributed by atoms with Crippen molar-refractivity contribution in [2.24, 2.45) is 0 Å². The first-order valence-corrected chi connectivity index (χ1v) is 6.53. The molecule has 98 valence electrons. The molecule has 20 heavy (non-hydrogen) atoms. The van der Waals surface area contributed by atoms with Crippen molar-refractivity contribution in [1.29, 1.82) is 0 Å². The summed E-state index contributed by atoms with van der Waals surface area (Å²) >= 11 is 0. The Hall–Kier alpha value is -2.69. The Kier molecular flexibility index (Phi) is 2.18. The van der Waals surface area contributed by atoms with E-state index in [-0.39, 0.29) is 5.95 Å². The van der Waals surface area contributed by atoms with Gasteiger partial charge in [0.2, 0.25) is 5.95 Å². The minimum absolute atomic E-state index is 0.159. The first-order valence-electron chi connectivity index (χ1n) is 6.53. The van der Waals surface area contributed by atoms with Crippen molar-refractivity contribution in [3.63, 3.8) is 0 Å². The first kappa shape index (κ1) is 11.2. The molecule has 1 aliphatic rings. The number of nitrogens with two attached hydrogens (primary N) is 2. The lowest BCUT2D eigenvalue weighted by molar-refractivity contribution is 0.931. The van der Waals surface area contributed by atoms with Crippen LogP contribution in [-0.2, 0) is 12.8 Å². The lowest BCUT2D eigenvalue weighted by Gasteiger charge is -2.19. The zero-order valence-corrected chi connectivity index (χ0v) is 10.8. The molecule has 5 nitrogen and oxygen atoms in total. The molecular formula is C15H13N5. The van der Waals surface area contributed by atoms with Crippen LogP contribution in [0, 0.1) is 0 Å². The third-order valence-electron chi connectivity index (χ3n) is 3.75. The Morgan fingerprint density at radius 1 is 0.900 bits per heavy atom. The fourth-order valence-corrected chi connectivity index (χ4v) is 2.80. The van der Waals surface area contributed by atoms with Crippen molar-refractivity contribution >= 4 is 22.8 Å². The molecule has 0 saturated carbocycles.